The topological polar surface area (TPSA) is 0 Å². The average Bonchev–Trinajstić information content (AvgIpc) is 2.02. The number of hydrogen-bond donors (Lipinski definition) is 0. The Balaban J connectivity index is 3.93. The second kappa shape index (κ2) is 7.17. The molecule has 0 saturated carbocycles. The maximum absolute atomic E-state index is 4.00. The minimum absolute atomic E-state index is 0.831. The van der Waals surface area contributed by atoms with Gasteiger partial charge in [0.25, 0.3) is 0 Å². The maximum atomic E-state index is 4.00. The first-order valence-electron chi connectivity index (χ1n) is 5.76. The summed E-state index contributed by atoms with van der Waals surface area (Å²) in [5.41, 5.74) is 1.34. The van der Waals surface area contributed by atoms with Gasteiger partial charge < -0.3 is 0 Å². The molecule has 0 aliphatic rings. The van der Waals surface area contributed by atoms with E-state index >= 15 is 0 Å². The van der Waals surface area contributed by atoms with Gasteiger partial charge in [0.1, 0.15) is 0 Å². The van der Waals surface area contributed by atoms with Crippen LogP contribution in [0.4, 0.5) is 0 Å². The van der Waals surface area contributed by atoms with Gasteiger partial charge in [0.05, 0.1) is 0 Å². The predicted octanol–water partition coefficient (Wildman–Crippen LogP) is 4.81. The molecule has 0 heterocycles. The second-order valence-corrected chi connectivity index (χ2v) is 4.48. The van der Waals surface area contributed by atoms with Gasteiger partial charge in [0.15, 0.2) is 0 Å². The van der Waals surface area contributed by atoms with E-state index in [2.05, 4.69) is 34.3 Å². The summed E-state index contributed by atoms with van der Waals surface area (Å²) >= 11 is 0. The van der Waals surface area contributed by atoms with Gasteiger partial charge in [0, 0.05) is 0 Å². The Kier molecular flexibility index (Phi) is 7.03. The Morgan fingerprint density at radius 3 is 1.92 bits per heavy atom. The molecular formula is C13H26. The van der Waals surface area contributed by atoms with Crippen LogP contribution in [0.5, 0.6) is 0 Å². The molecule has 0 aromatic heterocycles. The monoisotopic (exact) mass is 182 g/mol. The van der Waals surface area contributed by atoms with Crippen molar-refractivity contribution in [2.75, 3.05) is 0 Å². The van der Waals surface area contributed by atoms with Crippen molar-refractivity contribution in [2.24, 2.45) is 11.8 Å². The third-order valence-electron chi connectivity index (χ3n) is 2.79. The summed E-state index contributed by atoms with van der Waals surface area (Å²) in [6.07, 6.45) is 6.64. The van der Waals surface area contributed by atoms with Crippen molar-refractivity contribution in [3.8, 4) is 0 Å². The van der Waals surface area contributed by atoms with Crippen molar-refractivity contribution in [2.45, 2.75) is 59.8 Å². The highest BCUT2D eigenvalue weighted by Crippen LogP contribution is 2.27. The lowest BCUT2D eigenvalue weighted by Gasteiger charge is -2.23. The lowest BCUT2D eigenvalue weighted by molar-refractivity contribution is 0.308. The van der Waals surface area contributed by atoms with Gasteiger partial charge in [0.2, 0.25) is 0 Å². The molecule has 13 heavy (non-hydrogen) atoms. The van der Waals surface area contributed by atoms with E-state index in [1.54, 1.807) is 0 Å². The summed E-state index contributed by atoms with van der Waals surface area (Å²) in [4.78, 5) is 0. The van der Waals surface area contributed by atoms with Crippen LogP contribution in [0.3, 0.4) is 0 Å². The molecule has 0 aromatic rings. The highest BCUT2D eigenvalue weighted by Gasteiger charge is 2.15. The second-order valence-electron chi connectivity index (χ2n) is 4.48. The Labute approximate surface area is 84.4 Å². The molecule has 0 radical (unpaired) electrons. The first-order valence-corrected chi connectivity index (χ1v) is 5.76. The number of allylic oxidation sites excluding steroid dienone is 1. The van der Waals surface area contributed by atoms with Gasteiger partial charge in [-0.05, 0) is 25.2 Å². The average molecular weight is 182 g/mol. The lowest BCUT2D eigenvalue weighted by atomic mass is 9.83. The largest absolute Gasteiger partial charge is 0.100 e. The molecule has 1 atom stereocenters. The van der Waals surface area contributed by atoms with E-state index in [9.17, 15) is 0 Å². The molecule has 0 aliphatic carbocycles. The quantitative estimate of drug-likeness (QED) is 0.496. The standard InChI is InChI=1S/C13H26/c1-6-8-13(9-7-2)12(5)10-11(3)4/h12-13H,3,6-10H2,1-2,4-5H3. The molecule has 0 aromatic carbocycles. The van der Waals surface area contributed by atoms with Crippen molar-refractivity contribution in [1.29, 1.82) is 0 Å². The van der Waals surface area contributed by atoms with Crippen LogP contribution in [0.15, 0.2) is 12.2 Å². The van der Waals surface area contributed by atoms with Crippen LogP contribution < -0.4 is 0 Å². The van der Waals surface area contributed by atoms with Crippen molar-refractivity contribution < 1.29 is 0 Å². The zero-order chi connectivity index (χ0) is 10.3. The molecule has 0 fully saturated rings. The van der Waals surface area contributed by atoms with E-state index in [0.717, 1.165) is 11.8 Å². The SMILES string of the molecule is C=C(C)CC(C)C(CCC)CCC. The van der Waals surface area contributed by atoms with Crippen LogP contribution in [0.1, 0.15) is 59.8 Å². The van der Waals surface area contributed by atoms with Crippen molar-refractivity contribution in [1.82, 2.24) is 0 Å². The van der Waals surface area contributed by atoms with E-state index < -0.39 is 0 Å². The molecule has 78 valence electrons. The summed E-state index contributed by atoms with van der Waals surface area (Å²) in [5, 5.41) is 0. The van der Waals surface area contributed by atoms with Gasteiger partial charge in [-0.1, -0.05) is 52.0 Å². The van der Waals surface area contributed by atoms with E-state index in [4.69, 9.17) is 0 Å². The van der Waals surface area contributed by atoms with Gasteiger partial charge in [-0.25, -0.2) is 0 Å². The van der Waals surface area contributed by atoms with Crippen molar-refractivity contribution in [3.05, 3.63) is 12.2 Å². The van der Waals surface area contributed by atoms with Crippen LogP contribution in [0.25, 0.3) is 0 Å². The Bertz CT molecular complexity index is 129. The maximum Gasteiger partial charge on any atom is -0.0297 e. The first kappa shape index (κ1) is 12.7. The third-order valence-corrected chi connectivity index (χ3v) is 2.79. The fraction of sp³-hybridized carbons (Fsp3) is 0.846. The van der Waals surface area contributed by atoms with E-state index in [1.807, 2.05) is 0 Å². The predicted molar refractivity (Wildman–Crippen MR) is 61.9 cm³/mol. The Morgan fingerprint density at radius 1 is 1.15 bits per heavy atom. The fourth-order valence-electron chi connectivity index (χ4n) is 2.17. The summed E-state index contributed by atoms with van der Waals surface area (Å²) in [6.45, 7) is 13.1. The zero-order valence-electron chi connectivity index (χ0n) is 9.90. The molecular weight excluding hydrogens is 156 g/mol. The van der Waals surface area contributed by atoms with E-state index in [1.165, 1.54) is 37.7 Å². The molecule has 0 spiro atoms. The molecule has 1 unspecified atom stereocenters. The van der Waals surface area contributed by atoms with Gasteiger partial charge >= 0.3 is 0 Å². The van der Waals surface area contributed by atoms with Crippen LogP contribution >= 0.6 is 0 Å². The summed E-state index contributed by atoms with van der Waals surface area (Å²) < 4.78 is 0. The van der Waals surface area contributed by atoms with Gasteiger partial charge in [-0.2, -0.15) is 0 Å². The first-order chi connectivity index (χ1) is 6.11. The summed E-state index contributed by atoms with van der Waals surface area (Å²) in [5.74, 6) is 1.75. The smallest absolute Gasteiger partial charge is 0.0297 e. The number of rotatable bonds is 7. The van der Waals surface area contributed by atoms with Crippen LogP contribution in [-0.4, -0.2) is 0 Å². The Morgan fingerprint density at radius 2 is 1.62 bits per heavy atom. The normalized spacial score (nSPS) is 13.3. The van der Waals surface area contributed by atoms with Gasteiger partial charge in [-0.3, -0.25) is 0 Å². The van der Waals surface area contributed by atoms with Crippen molar-refractivity contribution >= 4 is 0 Å². The fourth-order valence-corrected chi connectivity index (χ4v) is 2.17. The molecule has 0 heteroatoms. The minimum atomic E-state index is 0.831. The minimum Gasteiger partial charge on any atom is -0.100 e. The Hall–Kier alpha value is -0.260. The number of hydrogen-bond acceptors (Lipinski definition) is 0. The molecule has 0 bridgehead atoms. The third kappa shape index (κ3) is 5.90. The van der Waals surface area contributed by atoms with Crippen LogP contribution in [0.2, 0.25) is 0 Å². The highest BCUT2D eigenvalue weighted by molar-refractivity contribution is 4.90. The molecule has 0 N–H and O–H groups in total. The molecule has 0 amide bonds. The summed E-state index contributed by atoms with van der Waals surface area (Å²) in [7, 11) is 0. The lowest BCUT2D eigenvalue weighted by Crippen LogP contribution is -2.11. The molecule has 0 aliphatic heterocycles. The van der Waals surface area contributed by atoms with E-state index in [0.29, 0.717) is 0 Å². The zero-order valence-corrected chi connectivity index (χ0v) is 9.90. The molecule has 0 rings (SSSR count). The van der Waals surface area contributed by atoms with Crippen molar-refractivity contribution in [3.63, 3.8) is 0 Å². The van der Waals surface area contributed by atoms with E-state index in [-0.39, 0.29) is 0 Å². The van der Waals surface area contributed by atoms with Crippen LogP contribution in [-0.2, 0) is 0 Å². The van der Waals surface area contributed by atoms with Crippen LogP contribution in [0, 0.1) is 11.8 Å². The van der Waals surface area contributed by atoms with Gasteiger partial charge in [-0.15, -0.1) is 6.58 Å². The molecule has 0 nitrogen and oxygen atoms in total. The summed E-state index contributed by atoms with van der Waals surface area (Å²) in [6, 6.07) is 0. The molecule has 0 saturated heterocycles. The highest BCUT2D eigenvalue weighted by atomic mass is 14.2.